The van der Waals surface area contributed by atoms with Crippen LogP contribution in [-0.2, 0) is 0 Å². The molecule has 0 heterocycles. The predicted molar refractivity (Wildman–Crippen MR) is 116 cm³/mol. The highest BCUT2D eigenvalue weighted by Crippen LogP contribution is 2.44. The smallest absolute Gasteiger partial charge is 0.200 e. The summed E-state index contributed by atoms with van der Waals surface area (Å²) in [6, 6.07) is 3.42. The molecule has 0 bridgehead atoms. The molecule has 0 aromatic heterocycles. The zero-order valence-corrected chi connectivity index (χ0v) is 18.5. The van der Waals surface area contributed by atoms with E-state index in [-0.39, 0.29) is 11.7 Å². The van der Waals surface area contributed by atoms with Crippen molar-refractivity contribution in [2.24, 2.45) is 17.8 Å². The second-order valence-electron chi connectivity index (χ2n) is 9.68. The van der Waals surface area contributed by atoms with E-state index in [0.717, 1.165) is 43.4 Å². The van der Waals surface area contributed by atoms with Crippen LogP contribution < -0.4 is 4.74 Å². The van der Waals surface area contributed by atoms with Gasteiger partial charge in [0.25, 0.3) is 0 Å². The first-order valence-electron chi connectivity index (χ1n) is 12.2. The van der Waals surface area contributed by atoms with E-state index in [2.05, 4.69) is 13.8 Å². The molecule has 3 heteroatoms. The summed E-state index contributed by atoms with van der Waals surface area (Å²) in [5.74, 6) is 1.31. The number of hydrogen-bond acceptors (Lipinski definition) is 1. The summed E-state index contributed by atoms with van der Waals surface area (Å²) in [5.41, 5.74) is 0.563. The van der Waals surface area contributed by atoms with Gasteiger partial charge in [0, 0.05) is 0 Å². The van der Waals surface area contributed by atoms with E-state index in [1.807, 2.05) is 0 Å². The quantitative estimate of drug-likeness (QED) is 0.374. The van der Waals surface area contributed by atoms with Crippen LogP contribution in [0.5, 0.6) is 5.75 Å². The first kappa shape index (κ1) is 22.6. The normalized spacial score (nSPS) is 27.7. The van der Waals surface area contributed by atoms with Gasteiger partial charge in [-0.1, -0.05) is 58.4 Å². The Kier molecular flexibility index (Phi) is 8.81. The maximum atomic E-state index is 14.8. The highest BCUT2D eigenvalue weighted by molar-refractivity contribution is 5.33. The zero-order valence-electron chi connectivity index (χ0n) is 18.5. The van der Waals surface area contributed by atoms with E-state index >= 15 is 0 Å². The third-order valence-corrected chi connectivity index (χ3v) is 7.52. The lowest BCUT2D eigenvalue weighted by Crippen LogP contribution is -2.25. The molecule has 1 nitrogen and oxygen atoms in total. The van der Waals surface area contributed by atoms with Gasteiger partial charge in [-0.2, -0.15) is 4.39 Å². The molecule has 164 valence electrons. The van der Waals surface area contributed by atoms with Gasteiger partial charge in [0.1, 0.15) is 0 Å². The van der Waals surface area contributed by atoms with Gasteiger partial charge in [-0.3, -0.25) is 0 Å². The van der Waals surface area contributed by atoms with Gasteiger partial charge in [0.2, 0.25) is 5.82 Å². The third-order valence-electron chi connectivity index (χ3n) is 7.52. The molecule has 0 radical (unpaired) electrons. The van der Waals surface area contributed by atoms with Crippen molar-refractivity contribution in [2.45, 2.75) is 103 Å². The van der Waals surface area contributed by atoms with E-state index in [0.29, 0.717) is 12.2 Å². The van der Waals surface area contributed by atoms with E-state index < -0.39 is 11.6 Å². The molecule has 0 atom stereocenters. The predicted octanol–water partition coefficient (Wildman–Crippen LogP) is 8.41. The van der Waals surface area contributed by atoms with E-state index in [1.165, 1.54) is 57.8 Å². The Labute approximate surface area is 176 Å². The molecular formula is C26H40F2O. The Morgan fingerprint density at radius 1 is 0.793 bits per heavy atom. The molecule has 2 saturated carbocycles. The monoisotopic (exact) mass is 406 g/mol. The molecular weight excluding hydrogens is 366 g/mol. The second-order valence-corrected chi connectivity index (χ2v) is 9.68. The van der Waals surface area contributed by atoms with Crippen LogP contribution in [0.1, 0.15) is 109 Å². The average molecular weight is 407 g/mol. The molecule has 0 spiro atoms. The Hall–Kier alpha value is -1.12. The van der Waals surface area contributed by atoms with Crippen molar-refractivity contribution in [2.75, 3.05) is 6.61 Å². The van der Waals surface area contributed by atoms with Crippen LogP contribution in [-0.4, -0.2) is 6.61 Å². The Morgan fingerprint density at radius 3 is 2.07 bits per heavy atom. The van der Waals surface area contributed by atoms with Crippen molar-refractivity contribution in [1.82, 2.24) is 0 Å². The maximum absolute atomic E-state index is 14.8. The van der Waals surface area contributed by atoms with Crippen LogP contribution in [0.25, 0.3) is 0 Å². The van der Waals surface area contributed by atoms with Gasteiger partial charge >= 0.3 is 0 Å². The van der Waals surface area contributed by atoms with E-state index in [4.69, 9.17) is 4.74 Å². The van der Waals surface area contributed by atoms with Crippen molar-refractivity contribution in [3.8, 4) is 5.75 Å². The molecule has 1 aromatic carbocycles. The minimum Gasteiger partial charge on any atom is -0.490 e. The minimum absolute atomic E-state index is 0.0757. The molecule has 0 unspecified atom stereocenters. The summed E-state index contributed by atoms with van der Waals surface area (Å²) in [6.45, 7) is 5.01. The van der Waals surface area contributed by atoms with E-state index in [1.54, 1.807) is 12.1 Å². The summed E-state index contributed by atoms with van der Waals surface area (Å²) < 4.78 is 34.8. The largest absolute Gasteiger partial charge is 0.490 e. The number of halogens is 2. The van der Waals surface area contributed by atoms with Crippen molar-refractivity contribution in [3.63, 3.8) is 0 Å². The van der Waals surface area contributed by atoms with Gasteiger partial charge in [-0.25, -0.2) is 4.39 Å². The summed E-state index contributed by atoms with van der Waals surface area (Å²) in [7, 11) is 0. The lowest BCUT2D eigenvalue weighted by molar-refractivity contribution is 0.164. The van der Waals surface area contributed by atoms with Gasteiger partial charge in [0.15, 0.2) is 11.6 Å². The second kappa shape index (κ2) is 11.3. The lowest BCUT2D eigenvalue weighted by atomic mass is 9.68. The fraction of sp³-hybridized carbons (Fsp3) is 0.769. The SMILES string of the molecule is CCCCCCCOc1ccc(C2CCC(C3CCC(C)CC3)CC2)c(F)c1F. The number of hydrogen-bond donors (Lipinski definition) is 0. The molecule has 0 N–H and O–H groups in total. The summed E-state index contributed by atoms with van der Waals surface area (Å²) in [5, 5.41) is 0. The lowest BCUT2D eigenvalue weighted by Gasteiger charge is -2.37. The molecule has 29 heavy (non-hydrogen) atoms. The molecule has 0 amide bonds. The van der Waals surface area contributed by atoms with Gasteiger partial charge < -0.3 is 4.74 Å². The molecule has 2 aliphatic carbocycles. The average Bonchev–Trinajstić information content (AvgIpc) is 2.74. The molecule has 3 rings (SSSR count). The van der Waals surface area contributed by atoms with Crippen LogP contribution in [0.4, 0.5) is 8.78 Å². The van der Waals surface area contributed by atoms with Crippen molar-refractivity contribution in [1.29, 1.82) is 0 Å². The molecule has 2 fully saturated rings. The Bertz CT molecular complexity index is 613. The molecule has 0 aliphatic heterocycles. The number of rotatable bonds is 9. The summed E-state index contributed by atoms with van der Waals surface area (Å²) in [4.78, 5) is 0. The van der Waals surface area contributed by atoms with Crippen molar-refractivity contribution >= 4 is 0 Å². The zero-order chi connectivity index (χ0) is 20.6. The van der Waals surface area contributed by atoms with Crippen LogP contribution in [0, 0.1) is 29.4 Å². The van der Waals surface area contributed by atoms with Gasteiger partial charge in [-0.05, 0) is 80.2 Å². The highest BCUT2D eigenvalue weighted by Gasteiger charge is 2.32. The Morgan fingerprint density at radius 2 is 1.41 bits per heavy atom. The highest BCUT2D eigenvalue weighted by atomic mass is 19.2. The van der Waals surface area contributed by atoms with Gasteiger partial charge in [0.05, 0.1) is 6.61 Å². The van der Waals surface area contributed by atoms with Crippen molar-refractivity contribution < 1.29 is 13.5 Å². The van der Waals surface area contributed by atoms with Crippen LogP contribution in [0.2, 0.25) is 0 Å². The first-order valence-corrected chi connectivity index (χ1v) is 12.2. The molecule has 1 aromatic rings. The topological polar surface area (TPSA) is 9.23 Å². The summed E-state index contributed by atoms with van der Waals surface area (Å²) in [6.07, 6.45) is 15.4. The first-order chi connectivity index (χ1) is 14.1. The van der Waals surface area contributed by atoms with Crippen LogP contribution in [0.15, 0.2) is 12.1 Å². The molecule has 2 aliphatic rings. The minimum atomic E-state index is -0.792. The van der Waals surface area contributed by atoms with E-state index in [9.17, 15) is 8.78 Å². The fourth-order valence-corrected chi connectivity index (χ4v) is 5.52. The summed E-state index contributed by atoms with van der Waals surface area (Å²) >= 11 is 0. The number of ether oxygens (including phenoxy) is 1. The van der Waals surface area contributed by atoms with Crippen LogP contribution in [0.3, 0.4) is 0 Å². The van der Waals surface area contributed by atoms with Crippen molar-refractivity contribution in [3.05, 3.63) is 29.3 Å². The third kappa shape index (κ3) is 6.18. The van der Waals surface area contributed by atoms with Gasteiger partial charge in [-0.15, -0.1) is 0 Å². The van der Waals surface area contributed by atoms with Crippen LogP contribution >= 0.6 is 0 Å². The maximum Gasteiger partial charge on any atom is 0.200 e. The fourth-order valence-electron chi connectivity index (χ4n) is 5.52. The number of unbranched alkanes of at least 4 members (excludes halogenated alkanes) is 4. The Balaban J connectivity index is 1.49. The number of benzene rings is 1. The molecule has 0 saturated heterocycles. The standard InChI is InChI=1S/C26H40F2O/c1-3-4-5-6-7-18-29-24-17-16-23(25(27)26(24)28)22-14-12-21(13-15-22)20-10-8-19(2)9-11-20/h16-17,19-22H,3-15,18H2,1-2H3.